The summed E-state index contributed by atoms with van der Waals surface area (Å²) in [4.78, 5) is 11.3. The van der Waals surface area contributed by atoms with Gasteiger partial charge in [0.1, 0.15) is 5.78 Å². The number of hydrogen-bond donors (Lipinski definition) is 0. The molecule has 0 bridgehead atoms. The first-order chi connectivity index (χ1) is 6.87. The maximum absolute atomic E-state index is 11.3. The van der Waals surface area contributed by atoms with E-state index in [2.05, 4.69) is 26.6 Å². The first-order valence-corrected chi connectivity index (χ1v) is 9.50. The molecule has 0 saturated heterocycles. The molecule has 3 heteroatoms. The minimum Gasteiger partial charge on any atom is -0.412 e. The van der Waals surface area contributed by atoms with Gasteiger partial charge in [0.2, 0.25) is 0 Å². The molecule has 1 saturated carbocycles. The largest absolute Gasteiger partial charge is 0.412 e. The van der Waals surface area contributed by atoms with Gasteiger partial charge < -0.3 is 4.43 Å². The Kier molecular flexibility index (Phi) is 4.12. The second-order valence-corrected chi connectivity index (χ2v) is 10.1. The van der Waals surface area contributed by atoms with Crippen molar-refractivity contribution in [2.24, 2.45) is 0 Å². The summed E-state index contributed by atoms with van der Waals surface area (Å²) < 4.78 is 6.34. The predicted octanol–water partition coefficient (Wildman–Crippen LogP) is 3.52. The van der Waals surface area contributed by atoms with Crippen molar-refractivity contribution < 1.29 is 9.22 Å². The molecule has 0 heterocycles. The summed E-state index contributed by atoms with van der Waals surface area (Å²) in [5, 5.41) is 0. The summed E-state index contributed by atoms with van der Waals surface area (Å²) in [6.07, 6.45) is 5.62. The zero-order chi connectivity index (χ0) is 11.5. The van der Waals surface area contributed by atoms with Crippen LogP contribution in [0.4, 0.5) is 0 Å². The van der Waals surface area contributed by atoms with Crippen LogP contribution in [0.5, 0.6) is 0 Å². The van der Waals surface area contributed by atoms with Gasteiger partial charge in [-0.3, -0.25) is 4.79 Å². The lowest BCUT2D eigenvalue weighted by Crippen LogP contribution is -2.45. The highest BCUT2D eigenvalue weighted by molar-refractivity contribution is 6.69. The van der Waals surface area contributed by atoms with Crippen LogP contribution in [0, 0.1) is 0 Å². The lowest BCUT2D eigenvalue weighted by atomic mass is 9.81. The van der Waals surface area contributed by atoms with Gasteiger partial charge in [0.15, 0.2) is 8.32 Å². The Hall–Kier alpha value is -0.153. The fourth-order valence-electron chi connectivity index (χ4n) is 2.49. The summed E-state index contributed by atoms with van der Waals surface area (Å²) in [6, 6.07) is 0. The Bertz CT molecular complexity index is 220. The third kappa shape index (κ3) is 4.07. The number of hydrogen-bond acceptors (Lipinski definition) is 2. The van der Waals surface area contributed by atoms with Gasteiger partial charge in [-0.2, -0.15) is 0 Å². The van der Waals surface area contributed by atoms with Crippen LogP contribution in [0.3, 0.4) is 0 Å². The zero-order valence-corrected chi connectivity index (χ0v) is 11.6. The van der Waals surface area contributed by atoms with Gasteiger partial charge in [-0.05, 0) is 38.9 Å². The number of Topliss-reactive ketones (excluding diaryl/α,β-unsaturated/α-hetero) is 1. The first kappa shape index (κ1) is 12.9. The molecule has 0 aromatic carbocycles. The highest BCUT2D eigenvalue weighted by Gasteiger charge is 2.38. The molecule has 0 spiro atoms. The van der Waals surface area contributed by atoms with Crippen LogP contribution in [-0.2, 0) is 9.22 Å². The van der Waals surface area contributed by atoms with E-state index in [1.165, 1.54) is 0 Å². The van der Waals surface area contributed by atoms with E-state index in [0.29, 0.717) is 5.78 Å². The summed E-state index contributed by atoms with van der Waals surface area (Å²) in [5.41, 5.74) is 0.0349. The quantitative estimate of drug-likeness (QED) is 0.688. The lowest BCUT2D eigenvalue weighted by molar-refractivity contribution is -0.124. The normalized spacial score (nSPS) is 21.7. The number of carbonyl (C=O) groups is 1. The van der Waals surface area contributed by atoms with Crippen LogP contribution >= 0.6 is 0 Å². The summed E-state index contributed by atoms with van der Waals surface area (Å²) in [6.45, 7) is 8.91. The Morgan fingerprint density at radius 1 is 1.27 bits per heavy atom. The van der Waals surface area contributed by atoms with Gasteiger partial charge in [0.05, 0.1) is 5.60 Å². The third-order valence-corrected chi connectivity index (χ3v) is 3.99. The third-order valence-electron chi connectivity index (χ3n) is 2.95. The minimum absolute atomic E-state index is 0.0349. The maximum atomic E-state index is 11.3. The standard InChI is InChI=1S/C12H24O2Si/c1-5-8-12(14-15(2,3)4)9-6-11(13)7-10-12/h5-10H2,1-4H3. The molecule has 0 amide bonds. The van der Waals surface area contributed by atoms with E-state index in [0.717, 1.165) is 38.5 Å². The molecule has 1 fully saturated rings. The van der Waals surface area contributed by atoms with Gasteiger partial charge in [-0.1, -0.05) is 13.3 Å². The topological polar surface area (TPSA) is 26.3 Å². The average molecular weight is 228 g/mol. The molecule has 0 aromatic rings. The highest BCUT2D eigenvalue weighted by atomic mass is 28.4. The van der Waals surface area contributed by atoms with E-state index < -0.39 is 8.32 Å². The van der Waals surface area contributed by atoms with Crippen LogP contribution in [0.25, 0.3) is 0 Å². The molecule has 0 aliphatic heterocycles. The van der Waals surface area contributed by atoms with Crippen LogP contribution in [-0.4, -0.2) is 19.7 Å². The molecular formula is C12H24O2Si. The van der Waals surface area contributed by atoms with Crippen LogP contribution in [0.15, 0.2) is 0 Å². The van der Waals surface area contributed by atoms with Crippen molar-refractivity contribution in [3.63, 3.8) is 0 Å². The number of ketones is 1. The zero-order valence-electron chi connectivity index (χ0n) is 10.6. The Labute approximate surface area is 94.5 Å². The minimum atomic E-state index is -1.49. The van der Waals surface area contributed by atoms with E-state index >= 15 is 0 Å². The second kappa shape index (κ2) is 4.79. The molecule has 0 unspecified atom stereocenters. The van der Waals surface area contributed by atoms with Crippen LogP contribution in [0.1, 0.15) is 45.4 Å². The van der Waals surface area contributed by atoms with Gasteiger partial charge in [-0.25, -0.2) is 0 Å². The van der Waals surface area contributed by atoms with Crippen molar-refractivity contribution in [1.29, 1.82) is 0 Å². The molecule has 0 aromatic heterocycles. The van der Waals surface area contributed by atoms with Crippen LogP contribution < -0.4 is 0 Å². The van der Waals surface area contributed by atoms with Crippen molar-refractivity contribution in [3.8, 4) is 0 Å². The van der Waals surface area contributed by atoms with Crippen molar-refractivity contribution in [2.45, 2.75) is 70.7 Å². The molecule has 1 aliphatic carbocycles. The Balaban J connectivity index is 2.66. The maximum Gasteiger partial charge on any atom is 0.184 e. The molecule has 88 valence electrons. The van der Waals surface area contributed by atoms with Crippen molar-refractivity contribution in [2.75, 3.05) is 0 Å². The fourth-order valence-corrected chi connectivity index (χ4v) is 4.10. The van der Waals surface area contributed by atoms with Gasteiger partial charge in [-0.15, -0.1) is 0 Å². The summed E-state index contributed by atoms with van der Waals surface area (Å²) in [5.74, 6) is 0.418. The van der Waals surface area contributed by atoms with Gasteiger partial charge in [0.25, 0.3) is 0 Å². The summed E-state index contributed by atoms with van der Waals surface area (Å²) >= 11 is 0. The Morgan fingerprint density at radius 3 is 2.20 bits per heavy atom. The van der Waals surface area contributed by atoms with E-state index in [-0.39, 0.29) is 5.60 Å². The number of rotatable bonds is 4. The van der Waals surface area contributed by atoms with E-state index in [1.807, 2.05) is 0 Å². The van der Waals surface area contributed by atoms with Gasteiger partial charge >= 0.3 is 0 Å². The van der Waals surface area contributed by atoms with Crippen molar-refractivity contribution in [1.82, 2.24) is 0 Å². The van der Waals surface area contributed by atoms with E-state index in [9.17, 15) is 4.79 Å². The fraction of sp³-hybridized carbons (Fsp3) is 0.917. The molecule has 1 aliphatic rings. The highest BCUT2D eigenvalue weighted by Crippen LogP contribution is 2.36. The molecule has 0 N–H and O–H groups in total. The van der Waals surface area contributed by atoms with E-state index in [4.69, 9.17) is 4.43 Å². The predicted molar refractivity (Wildman–Crippen MR) is 65.5 cm³/mol. The molecule has 0 atom stereocenters. The molecule has 2 nitrogen and oxygen atoms in total. The van der Waals surface area contributed by atoms with Crippen molar-refractivity contribution in [3.05, 3.63) is 0 Å². The average Bonchev–Trinajstić information content (AvgIpc) is 2.08. The SMILES string of the molecule is CCCC1(O[Si](C)(C)C)CCC(=O)CC1. The molecular weight excluding hydrogens is 204 g/mol. The second-order valence-electron chi connectivity index (χ2n) is 5.69. The molecule has 0 radical (unpaired) electrons. The Morgan fingerprint density at radius 2 is 1.80 bits per heavy atom. The van der Waals surface area contributed by atoms with Crippen molar-refractivity contribution >= 4 is 14.1 Å². The monoisotopic (exact) mass is 228 g/mol. The molecule has 1 rings (SSSR count). The smallest absolute Gasteiger partial charge is 0.184 e. The van der Waals surface area contributed by atoms with Crippen LogP contribution in [0.2, 0.25) is 19.6 Å². The lowest BCUT2D eigenvalue weighted by Gasteiger charge is -2.41. The number of carbonyl (C=O) groups excluding carboxylic acids is 1. The van der Waals surface area contributed by atoms with Gasteiger partial charge in [0, 0.05) is 12.8 Å². The summed E-state index contributed by atoms with van der Waals surface area (Å²) in [7, 11) is -1.49. The first-order valence-electron chi connectivity index (χ1n) is 6.09. The van der Waals surface area contributed by atoms with E-state index in [1.54, 1.807) is 0 Å². The molecule has 15 heavy (non-hydrogen) atoms.